The first-order valence-corrected chi connectivity index (χ1v) is 8.93. The fourth-order valence-corrected chi connectivity index (χ4v) is 3.48. The summed E-state index contributed by atoms with van der Waals surface area (Å²) in [5, 5.41) is 1.36. The smallest absolute Gasteiger partial charge is 0.289 e. The molecule has 0 radical (unpaired) electrons. The average molecular weight is 409 g/mol. The van der Waals surface area contributed by atoms with Gasteiger partial charge in [-0.1, -0.05) is 35.9 Å². The van der Waals surface area contributed by atoms with Gasteiger partial charge in [0.25, 0.3) is 5.91 Å². The minimum Gasteiger partial charge on any atom is -0.451 e. The van der Waals surface area contributed by atoms with Crippen molar-refractivity contribution >= 4 is 40.9 Å². The molecule has 1 aliphatic heterocycles. The Morgan fingerprint density at radius 3 is 2.52 bits per heavy atom. The first-order chi connectivity index (χ1) is 12.6. The molecule has 1 aliphatic rings. The molecule has 1 saturated heterocycles. The third-order valence-corrected chi connectivity index (χ3v) is 5.09. The fraction of sp³-hybridized carbons (Fsp3) is 0.250. The molecule has 142 valence electrons. The minimum atomic E-state index is -0.293. The maximum atomic E-state index is 13.9. The second-order valence-corrected chi connectivity index (χ2v) is 6.82. The van der Waals surface area contributed by atoms with Crippen molar-refractivity contribution in [1.82, 2.24) is 9.80 Å². The van der Waals surface area contributed by atoms with Gasteiger partial charge in [-0.2, -0.15) is 0 Å². The van der Waals surface area contributed by atoms with Crippen LogP contribution >= 0.6 is 24.0 Å². The molecule has 27 heavy (non-hydrogen) atoms. The molecule has 0 bridgehead atoms. The van der Waals surface area contributed by atoms with Crippen LogP contribution in [0.3, 0.4) is 0 Å². The first-order valence-electron chi connectivity index (χ1n) is 8.55. The number of halogens is 3. The number of carbonyl (C=O) groups excluding carboxylic acids is 1. The molecule has 4 rings (SSSR count). The summed E-state index contributed by atoms with van der Waals surface area (Å²) >= 11 is 6.10. The van der Waals surface area contributed by atoms with Crippen LogP contribution in [0.2, 0.25) is 5.02 Å². The molecular weight excluding hydrogens is 390 g/mol. The highest BCUT2D eigenvalue weighted by Crippen LogP contribution is 2.23. The summed E-state index contributed by atoms with van der Waals surface area (Å²) in [5.74, 6) is -0.0418. The standard InChI is InChI=1S/C20H18ClFN2O2.ClH/c21-16-5-3-6-17(22)15(16)13-23-8-10-24(11-9-23)20(25)19-12-14-4-1-2-7-18(14)26-19;/h1-7,12H,8-11,13H2;1H. The summed E-state index contributed by atoms with van der Waals surface area (Å²) in [6, 6.07) is 14.1. The summed E-state index contributed by atoms with van der Waals surface area (Å²) in [6.07, 6.45) is 0. The van der Waals surface area contributed by atoms with E-state index in [2.05, 4.69) is 4.90 Å². The minimum absolute atomic E-state index is 0. The van der Waals surface area contributed by atoms with E-state index in [1.165, 1.54) is 6.07 Å². The fourth-order valence-electron chi connectivity index (χ4n) is 3.26. The molecular formula is C20H19Cl2FN2O2. The quantitative estimate of drug-likeness (QED) is 0.634. The molecule has 7 heteroatoms. The van der Waals surface area contributed by atoms with E-state index >= 15 is 0 Å². The highest BCUT2D eigenvalue weighted by molar-refractivity contribution is 6.31. The van der Waals surface area contributed by atoms with E-state index in [-0.39, 0.29) is 24.1 Å². The van der Waals surface area contributed by atoms with Crippen LogP contribution in [-0.2, 0) is 6.54 Å². The number of piperazine rings is 1. The Morgan fingerprint density at radius 1 is 1.07 bits per heavy atom. The lowest BCUT2D eigenvalue weighted by Crippen LogP contribution is -2.48. The Hall–Kier alpha value is -2.08. The van der Waals surface area contributed by atoms with Crippen LogP contribution in [-0.4, -0.2) is 41.9 Å². The van der Waals surface area contributed by atoms with Gasteiger partial charge in [0.2, 0.25) is 0 Å². The normalized spacial score (nSPS) is 15.0. The number of fused-ring (bicyclic) bond motifs is 1. The third-order valence-electron chi connectivity index (χ3n) is 4.74. The van der Waals surface area contributed by atoms with E-state index in [9.17, 15) is 9.18 Å². The summed E-state index contributed by atoms with van der Waals surface area (Å²) < 4.78 is 19.6. The Balaban J connectivity index is 0.00000210. The number of benzene rings is 2. The van der Waals surface area contributed by atoms with Crippen molar-refractivity contribution in [1.29, 1.82) is 0 Å². The monoisotopic (exact) mass is 408 g/mol. The summed E-state index contributed by atoms with van der Waals surface area (Å²) in [6.45, 7) is 2.91. The van der Waals surface area contributed by atoms with Crippen molar-refractivity contribution in [3.05, 3.63) is 70.7 Å². The van der Waals surface area contributed by atoms with Crippen molar-refractivity contribution in [3.8, 4) is 0 Å². The van der Waals surface area contributed by atoms with Crippen LogP contribution in [0.5, 0.6) is 0 Å². The van der Waals surface area contributed by atoms with Crippen LogP contribution in [0.4, 0.5) is 4.39 Å². The average Bonchev–Trinajstić information content (AvgIpc) is 3.09. The van der Waals surface area contributed by atoms with E-state index in [1.807, 2.05) is 24.3 Å². The lowest BCUT2D eigenvalue weighted by Gasteiger charge is -2.34. The van der Waals surface area contributed by atoms with Gasteiger partial charge in [-0.05, 0) is 24.3 Å². The van der Waals surface area contributed by atoms with Gasteiger partial charge in [0.1, 0.15) is 11.4 Å². The Labute approximate surface area is 167 Å². The van der Waals surface area contributed by atoms with Gasteiger partial charge in [-0.3, -0.25) is 9.69 Å². The van der Waals surface area contributed by atoms with E-state index in [1.54, 1.807) is 23.1 Å². The molecule has 2 aromatic carbocycles. The highest BCUT2D eigenvalue weighted by atomic mass is 35.5. The number of rotatable bonds is 3. The Bertz CT molecular complexity index is 899. The molecule has 0 atom stereocenters. The van der Waals surface area contributed by atoms with E-state index < -0.39 is 0 Å². The van der Waals surface area contributed by atoms with Gasteiger partial charge in [0, 0.05) is 48.7 Å². The second kappa shape index (κ2) is 8.30. The Kier molecular flexibility index (Phi) is 6.05. The van der Waals surface area contributed by atoms with Gasteiger partial charge in [-0.25, -0.2) is 4.39 Å². The van der Waals surface area contributed by atoms with E-state index in [0.29, 0.717) is 54.7 Å². The molecule has 0 N–H and O–H groups in total. The second-order valence-electron chi connectivity index (χ2n) is 6.42. The zero-order valence-corrected chi connectivity index (χ0v) is 16.1. The molecule has 0 unspecified atom stereocenters. The van der Waals surface area contributed by atoms with Crippen molar-refractivity contribution < 1.29 is 13.6 Å². The number of hydrogen-bond acceptors (Lipinski definition) is 3. The van der Waals surface area contributed by atoms with Gasteiger partial charge < -0.3 is 9.32 Å². The van der Waals surface area contributed by atoms with Crippen LogP contribution in [0.25, 0.3) is 11.0 Å². The van der Waals surface area contributed by atoms with Gasteiger partial charge in [0.15, 0.2) is 5.76 Å². The SMILES string of the molecule is Cl.O=C(c1cc2ccccc2o1)N1CCN(Cc2c(F)cccc2Cl)CC1. The predicted octanol–water partition coefficient (Wildman–Crippen LogP) is 4.61. The zero-order valence-electron chi connectivity index (χ0n) is 14.5. The molecule has 1 fully saturated rings. The molecule has 0 aliphatic carbocycles. The third kappa shape index (κ3) is 4.10. The van der Waals surface area contributed by atoms with Gasteiger partial charge >= 0.3 is 0 Å². The molecule has 0 saturated carbocycles. The molecule has 1 amide bonds. The topological polar surface area (TPSA) is 36.7 Å². The molecule has 4 nitrogen and oxygen atoms in total. The Morgan fingerprint density at radius 2 is 1.81 bits per heavy atom. The van der Waals surface area contributed by atoms with Gasteiger partial charge in [0.05, 0.1) is 0 Å². The largest absolute Gasteiger partial charge is 0.451 e. The highest BCUT2D eigenvalue weighted by Gasteiger charge is 2.25. The van der Waals surface area contributed by atoms with Crippen LogP contribution < -0.4 is 0 Å². The van der Waals surface area contributed by atoms with Crippen molar-refractivity contribution in [2.75, 3.05) is 26.2 Å². The maximum Gasteiger partial charge on any atom is 0.289 e. The number of carbonyl (C=O) groups is 1. The van der Waals surface area contributed by atoms with Crippen molar-refractivity contribution in [2.45, 2.75) is 6.54 Å². The first kappa shape index (κ1) is 19.7. The summed E-state index contributed by atoms with van der Waals surface area (Å²) in [7, 11) is 0. The van der Waals surface area contributed by atoms with Crippen LogP contribution in [0, 0.1) is 5.82 Å². The van der Waals surface area contributed by atoms with Crippen molar-refractivity contribution in [3.63, 3.8) is 0 Å². The number of amides is 1. The number of nitrogens with zero attached hydrogens (tertiary/aromatic N) is 2. The van der Waals surface area contributed by atoms with Gasteiger partial charge in [-0.15, -0.1) is 12.4 Å². The molecule has 2 heterocycles. The van der Waals surface area contributed by atoms with Crippen LogP contribution in [0.1, 0.15) is 16.1 Å². The lowest BCUT2D eigenvalue weighted by molar-refractivity contribution is 0.0598. The van der Waals surface area contributed by atoms with Crippen molar-refractivity contribution in [2.24, 2.45) is 0 Å². The van der Waals surface area contributed by atoms with Crippen LogP contribution in [0.15, 0.2) is 52.9 Å². The zero-order chi connectivity index (χ0) is 18.1. The molecule has 3 aromatic rings. The molecule has 0 spiro atoms. The summed E-state index contributed by atoms with van der Waals surface area (Å²) in [5.41, 5.74) is 1.22. The lowest BCUT2D eigenvalue weighted by atomic mass is 10.1. The number of para-hydroxylation sites is 1. The maximum absolute atomic E-state index is 13.9. The number of furan rings is 1. The summed E-state index contributed by atoms with van der Waals surface area (Å²) in [4.78, 5) is 16.6. The predicted molar refractivity (Wildman–Crippen MR) is 106 cm³/mol. The number of hydrogen-bond donors (Lipinski definition) is 0. The van der Waals surface area contributed by atoms with E-state index in [0.717, 1.165) is 5.39 Å². The van der Waals surface area contributed by atoms with E-state index in [4.69, 9.17) is 16.0 Å². The molecule has 1 aromatic heterocycles.